The fraction of sp³-hybridized carbons (Fsp3) is 0.263. The SMILES string of the molecule is O=C(N[C@@H]1CCN(c2cc(Cl)c3cc[nH]c3n2)C1)OCc1ccccc1. The van der Waals surface area contributed by atoms with E-state index in [4.69, 9.17) is 16.3 Å². The van der Waals surface area contributed by atoms with Crippen LogP contribution in [0.25, 0.3) is 11.0 Å². The van der Waals surface area contributed by atoms with Crippen molar-refractivity contribution in [3.8, 4) is 0 Å². The first kappa shape index (κ1) is 16.7. The second-order valence-electron chi connectivity index (χ2n) is 6.34. The van der Waals surface area contributed by atoms with Crippen LogP contribution in [0, 0.1) is 0 Å². The van der Waals surface area contributed by atoms with Crippen molar-refractivity contribution in [2.24, 2.45) is 0 Å². The van der Waals surface area contributed by atoms with Gasteiger partial charge in [0.2, 0.25) is 0 Å². The van der Waals surface area contributed by atoms with Gasteiger partial charge in [-0.2, -0.15) is 0 Å². The Bertz CT molecular complexity index is 912. The third kappa shape index (κ3) is 3.60. The summed E-state index contributed by atoms with van der Waals surface area (Å²) >= 11 is 6.33. The molecule has 3 aromatic rings. The number of hydrogen-bond donors (Lipinski definition) is 2. The topological polar surface area (TPSA) is 70.2 Å². The largest absolute Gasteiger partial charge is 0.445 e. The van der Waals surface area contributed by atoms with Crippen molar-refractivity contribution in [1.82, 2.24) is 15.3 Å². The van der Waals surface area contributed by atoms with Crippen LogP contribution in [0.5, 0.6) is 0 Å². The fourth-order valence-corrected chi connectivity index (χ4v) is 3.41. The van der Waals surface area contributed by atoms with E-state index in [-0.39, 0.29) is 12.6 Å². The monoisotopic (exact) mass is 370 g/mol. The van der Waals surface area contributed by atoms with Gasteiger partial charge in [0.1, 0.15) is 18.1 Å². The number of carbonyl (C=O) groups excluding carboxylic acids is 1. The lowest BCUT2D eigenvalue weighted by molar-refractivity contribution is 0.136. The van der Waals surface area contributed by atoms with E-state index in [2.05, 4.69) is 20.2 Å². The molecule has 1 amide bonds. The first-order chi connectivity index (χ1) is 12.7. The zero-order valence-electron chi connectivity index (χ0n) is 14.1. The summed E-state index contributed by atoms with van der Waals surface area (Å²) in [7, 11) is 0. The number of nitrogens with one attached hydrogen (secondary N) is 2. The number of anilines is 1. The molecule has 134 valence electrons. The van der Waals surface area contributed by atoms with Crippen molar-refractivity contribution in [1.29, 1.82) is 0 Å². The summed E-state index contributed by atoms with van der Waals surface area (Å²) in [5.41, 5.74) is 1.74. The molecule has 0 aliphatic carbocycles. The van der Waals surface area contributed by atoms with Gasteiger partial charge in [0.05, 0.1) is 11.1 Å². The van der Waals surface area contributed by atoms with Crippen LogP contribution >= 0.6 is 11.6 Å². The molecule has 0 radical (unpaired) electrons. The van der Waals surface area contributed by atoms with Crippen LogP contribution in [0.2, 0.25) is 5.02 Å². The number of amides is 1. The number of pyridine rings is 1. The first-order valence-corrected chi connectivity index (χ1v) is 8.92. The van der Waals surface area contributed by atoms with Gasteiger partial charge < -0.3 is 19.9 Å². The molecular weight excluding hydrogens is 352 g/mol. The van der Waals surface area contributed by atoms with Crippen LogP contribution in [-0.4, -0.2) is 35.2 Å². The number of rotatable bonds is 4. The second-order valence-corrected chi connectivity index (χ2v) is 6.75. The van der Waals surface area contributed by atoms with E-state index in [1.165, 1.54) is 0 Å². The average molecular weight is 371 g/mol. The average Bonchev–Trinajstić information content (AvgIpc) is 3.30. The van der Waals surface area contributed by atoms with Gasteiger partial charge in [-0.1, -0.05) is 41.9 Å². The Hall–Kier alpha value is -2.73. The minimum absolute atomic E-state index is 0.0261. The van der Waals surface area contributed by atoms with Crippen LogP contribution in [-0.2, 0) is 11.3 Å². The molecule has 1 saturated heterocycles. The lowest BCUT2D eigenvalue weighted by Gasteiger charge is -2.18. The highest BCUT2D eigenvalue weighted by atomic mass is 35.5. The second kappa shape index (κ2) is 7.25. The van der Waals surface area contributed by atoms with Crippen LogP contribution in [0.4, 0.5) is 10.6 Å². The molecule has 1 fully saturated rings. The van der Waals surface area contributed by atoms with Crippen LogP contribution in [0.1, 0.15) is 12.0 Å². The van der Waals surface area contributed by atoms with Gasteiger partial charge in [-0.3, -0.25) is 0 Å². The third-order valence-corrected chi connectivity index (χ3v) is 4.82. The van der Waals surface area contributed by atoms with E-state index < -0.39 is 6.09 Å². The van der Waals surface area contributed by atoms with E-state index in [9.17, 15) is 4.79 Å². The first-order valence-electron chi connectivity index (χ1n) is 8.55. The van der Waals surface area contributed by atoms with Gasteiger partial charge in [0.25, 0.3) is 0 Å². The normalized spacial score (nSPS) is 16.8. The number of fused-ring (bicyclic) bond motifs is 1. The van der Waals surface area contributed by atoms with Gasteiger partial charge >= 0.3 is 6.09 Å². The third-order valence-electron chi connectivity index (χ3n) is 4.51. The Morgan fingerprint density at radius 3 is 3.04 bits per heavy atom. The Balaban J connectivity index is 1.33. The Labute approximate surface area is 156 Å². The van der Waals surface area contributed by atoms with Gasteiger partial charge in [0.15, 0.2) is 0 Å². The number of nitrogens with zero attached hydrogens (tertiary/aromatic N) is 2. The molecule has 6 nitrogen and oxygen atoms in total. The number of aromatic amines is 1. The summed E-state index contributed by atoms with van der Waals surface area (Å²) in [5.74, 6) is 0.812. The van der Waals surface area contributed by atoms with E-state index in [1.807, 2.05) is 48.7 Å². The maximum Gasteiger partial charge on any atom is 0.407 e. The minimum atomic E-state index is -0.397. The van der Waals surface area contributed by atoms with E-state index in [0.717, 1.165) is 35.4 Å². The lowest BCUT2D eigenvalue weighted by Crippen LogP contribution is -2.37. The summed E-state index contributed by atoms with van der Waals surface area (Å²) < 4.78 is 5.29. The van der Waals surface area contributed by atoms with Crippen molar-refractivity contribution in [2.45, 2.75) is 19.1 Å². The number of hydrogen-bond acceptors (Lipinski definition) is 4. The number of halogens is 1. The lowest BCUT2D eigenvalue weighted by atomic mass is 10.2. The van der Waals surface area contributed by atoms with Gasteiger partial charge in [-0.15, -0.1) is 0 Å². The molecule has 0 bridgehead atoms. The molecule has 0 unspecified atom stereocenters. The van der Waals surface area contributed by atoms with Crippen molar-refractivity contribution >= 4 is 34.5 Å². The molecule has 1 aromatic carbocycles. The van der Waals surface area contributed by atoms with E-state index in [1.54, 1.807) is 0 Å². The molecule has 1 atom stereocenters. The minimum Gasteiger partial charge on any atom is -0.445 e. The number of carbonyl (C=O) groups is 1. The Kier molecular flexibility index (Phi) is 4.67. The molecule has 2 aromatic heterocycles. The van der Waals surface area contributed by atoms with Crippen molar-refractivity contribution in [2.75, 3.05) is 18.0 Å². The zero-order chi connectivity index (χ0) is 17.9. The van der Waals surface area contributed by atoms with Gasteiger partial charge in [-0.25, -0.2) is 9.78 Å². The number of ether oxygens (including phenoxy) is 1. The van der Waals surface area contributed by atoms with Crippen LogP contribution < -0.4 is 10.2 Å². The van der Waals surface area contributed by atoms with Gasteiger partial charge in [0, 0.05) is 30.7 Å². The Morgan fingerprint density at radius 1 is 1.35 bits per heavy atom. The zero-order valence-corrected chi connectivity index (χ0v) is 14.9. The predicted octanol–water partition coefficient (Wildman–Crippen LogP) is 3.72. The highest BCUT2D eigenvalue weighted by Crippen LogP contribution is 2.28. The molecule has 7 heteroatoms. The van der Waals surface area contributed by atoms with Crippen molar-refractivity contribution < 1.29 is 9.53 Å². The molecule has 0 spiro atoms. The summed E-state index contributed by atoms with van der Waals surface area (Å²) in [6.45, 7) is 1.75. The highest BCUT2D eigenvalue weighted by Gasteiger charge is 2.26. The standard InChI is InChI=1S/C19H19ClN4O2/c20-16-10-17(23-18-15(16)6-8-21-18)24-9-7-14(11-24)22-19(25)26-12-13-4-2-1-3-5-13/h1-6,8,10,14H,7,9,11-12H2,(H,21,23)(H,22,25)/t14-/m1/s1. The number of H-pyrrole nitrogens is 1. The molecule has 2 N–H and O–H groups in total. The summed E-state index contributed by atoms with van der Waals surface area (Å²) in [6, 6.07) is 13.4. The van der Waals surface area contributed by atoms with Crippen molar-refractivity contribution in [3.63, 3.8) is 0 Å². The summed E-state index contributed by atoms with van der Waals surface area (Å²) in [4.78, 5) is 21.8. The van der Waals surface area contributed by atoms with Crippen LogP contribution in [0.15, 0.2) is 48.7 Å². The molecular formula is C19H19ClN4O2. The number of aromatic nitrogens is 2. The molecule has 3 heterocycles. The predicted molar refractivity (Wildman–Crippen MR) is 101 cm³/mol. The summed E-state index contributed by atoms with van der Waals surface area (Å²) in [5, 5.41) is 4.51. The quantitative estimate of drug-likeness (QED) is 0.734. The molecule has 0 saturated carbocycles. The molecule has 26 heavy (non-hydrogen) atoms. The van der Waals surface area contributed by atoms with Crippen molar-refractivity contribution in [3.05, 3.63) is 59.2 Å². The summed E-state index contributed by atoms with van der Waals surface area (Å²) in [6.07, 6.45) is 2.26. The number of benzene rings is 1. The molecule has 4 rings (SSSR count). The smallest absolute Gasteiger partial charge is 0.407 e. The van der Waals surface area contributed by atoms with E-state index >= 15 is 0 Å². The maximum absolute atomic E-state index is 12.0. The highest BCUT2D eigenvalue weighted by molar-refractivity contribution is 6.35. The van der Waals surface area contributed by atoms with Crippen LogP contribution in [0.3, 0.4) is 0 Å². The van der Waals surface area contributed by atoms with Gasteiger partial charge in [-0.05, 0) is 18.1 Å². The maximum atomic E-state index is 12.0. The molecule has 1 aliphatic rings. The molecule has 1 aliphatic heterocycles. The fourth-order valence-electron chi connectivity index (χ4n) is 3.16. The number of alkyl carbamates (subject to hydrolysis) is 1. The van der Waals surface area contributed by atoms with E-state index in [0.29, 0.717) is 11.6 Å². The Morgan fingerprint density at radius 2 is 2.19 bits per heavy atom.